The van der Waals surface area contributed by atoms with E-state index in [0.717, 1.165) is 49.7 Å². The highest BCUT2D eigenvalue weighted by Gasteiger charge is 2.33. The lowest BCUT2D eigenvalue weighted by molar-refractivity contribution is 0.0716. The fourth-order valence-electron chi connectivity index (χ4n) is 4.85. The number of nitrogens with one attached hydrogen (secondary N) is 2. The molecule has 1 atom stereocenters. The molecule has 2 N–H and O–H groups in total. The van der Waals surface area contributed by atoms with Crippen molar-refractivity contribution in [1.29, 1.82) is 0 Å². The van der Waals surface area contributed by atoms with Crippen LogP contribution in [0.15, 0.2) is 0 Å². The zero-order valence-corrected chi connectivity index (χ0v) is 14.6. The standard InChI is InChI=1S/C19H30N4O/c24-19(18-16-13-20-11-10-17(16)21-22-18)23-12-4-7-15(23)9-8-14-5-2-1-3-6-14/h14-15,20H,1-13H2,(H,21,22). The van der Waals surface area contributed by atoms with Crippen LogP contribution in [0.4, 0.5) is 0 Å². The second kappa shape index (κ2) is 7.26. The molecule has 1 aromatic heterocycles. The van der Waals surface area contributed by atoms with Crippen LogP contribution in [0.1, 0.15) is 79.5 Å². The van der Waals surface area contributed by atoms with Crippen molar-refractivity contribution in [2.24, 2.45) is 5.92 Å². The van der Waals surface area contributed by atoms with Gasteiger partial charge in [0.05, 0.1) is 0 Å². The van der Waals surface area contributed by atoms with Gasteiger partial charge >= 0.3 is 0 Å². The summed E-state index contributed by atoms with van der Waals surface area (Å²) in [5, 5.41) is 10.8. The number of nitrogens with zero attached hydrogens (tertiary/aromatic N) is 2. The molecule has 4 rings (SSSR count). The molecule has 2 fully saturated rings. The highest BCUT2D eigenvalue weighted by molar-refractivity contribution is 5.94. The third-order valence-corrected chi connectivity index (χ3v) is 6.28. The third kappa shape index (κ3) is 3.23. The number of carbonyl (C=O) groups excluding carboxylic acids is 1. The number of H-pyrrole nitrogens is 1. The maximum atomic E-state index is 13.1. The normalized spacial score (nSPS) is 25.0. The first-order valence-corrected chi connectivity index (χ1v) is 9.90. The molecule has 0 radical (unpaired) electrons. The third-order valence-electron chi connectivity index (χ3n) is 6.28. The smallest absolute Gasteiger partial charge is 0.274 e. The quantitative estimate of drug-likeness (QED) is 0.892. The Bertz CT molecular complexity index is 576. The van der Waals surface area contributed by atoms with Gasteiger partial charge in [-0.1, -0.05) is 32.1 Å². The number of aromatic nitrogens is 2. The van der Waals surface area contributed by atoms with Gasteiger partial charge in [-0.05, 0) is 31.6 Å². The average molecular weight is 330 g/mol. The minimum Gasteiger partial charge on any atom is -0.334 e. The molecule has 1 aromatic rings. The molecule has 0 spiro atoms. The lowest BCUT2D eigenvalue weighted by Gasteiger charge is -2.28. The van der Waals surface area contributed by atoms with Crippen LogP contribution in [0.25, 0.3) is 0 Å². The van der Waals surface area contributed by atoms with E-state index in [0.29, 0.717) is 11.7 Å². The summed E-state index contributed by atoms with van der Waals surface area (Å²) in [5.41, 5.74) is 2.92. The number of aromatic amines is 1. The van der Waals surface area contributed by atoms with E-state index in [9.17, 15) is 4.79 Å². The van der Waals surface area contributed by atoms with Gasteiger partial charge in [0.25, 0.3) is 5.91 Å². The number of rotatable bonds is 4. The molecular weight excluding hydrogens is 300 g/mol. The minimum absolute atomic E-state index is 0.155. The monoisotopic (exact) mass is 330 g/mol. The summed E-state index contributed by atoms with van der Waals surface area (Å²) in [6, 6.07) is 0.434. The van der Waals surface area contributed by atoms with Crippen LogP contribution in [0.2, 0.25) is 0 Å². The van der Waals surface area contributed by atoms with E-state index in [1.54, 1.807) is 0 Å². The van der Waals surface area contributed by atoms with Gasteiger partial charge in [-0.3, -0.25) is 9.89 Å². The Balaban J connectivity index is 1.40. The molecule has 3 aliphatic rings. The van der Waals surface area contributed by atoms with E-state index in [-0.39, 0.29) is 5.91 Å². The van der Waals surface area contributed by atoms with Gasteiger partial charge in [-0.15, -0.1) is 0 Å². The first-order chi connectivity index (χ1) is 11.8. The zero-order valence-electron chi connectivity index (χ0n) is 14.6. The molecule has 1 amide bonds. The molecule has 0 aromatic carbocycles. The highest BCUT2D eigenvalue weighted by Crippen LogP contribution is 2.31. The van der Waals surface area contributed by atoms with Gasteiger partial charge in [-0.25, -0.2) is 0 Å². The first kappa shape index (κ1) is 16.1. The molecule has 3 heterocycles. The predicted octanol–water partition coefficient (Wildman–Crippen LogP) is 3.02. The summed E-state index contributed by atoms with van der Waals surface area (Å²) < 4.78 is 0. The van der Waals surface area contributed by atoms with Crippen LogP contribution in [-0.2, 0) is 13.0 Å². The van der Waals surface area contributed by atoms with Crippen LogP contribution in [-0.4, -0.2) is 40.1 Å². The number of carbonyl (C=O) groups is 1. The van der Waals surface area contributed by atoms with Crippen molar-refractivity contribution in [3.8, 4) is 0 Å². The Morgan fingerprint density at radius 2 is 2.00 bits per heavy atom. The fraction of sp³-hybridized carbons (Fsp3) is 0.789. The van der Waals surface area contributed by atoms with Crippen molar-refractivity contribution in [3.63, 3.8) is 0 Å². The number of hydrogen-bond donors (Lipinski definition) is 2. The summed E-state index contributed by atoms with van der Waals surface area (Å²) in [4.78, 5) is 15.2. The largest absolute Gasteiger partial charge is 0.334 e. The van der Waals surface area contributed by atoms with Gasteiger partial charge < -0.3 is 10.2 Å². The summed E-state index contributed by atoms with van der Waals surface area (Å²) in [6.07, 6.45) is 12.8. The van der Waals surface area contributed by atoms with Crippen molar-refractivity contribution in [2.75, 3.05) is 13.1 Å². The van der Waals surface area contributed by atoms with Gasteiger partial charge in [-0.2, -0.15) is 5.10 Å². The van der Waals surface area contributed by atoms with E-state index in [4.69, 9.17) is 0 Å². The van der Waals surface area contributed by atoms with E-state index >= 15 is 0 Å². The van der Waals surface area contributed by atoms with Crippen molar-refractivity contribution in [1.82, 2.24) is 20.4 Å². The van der Waals surface area contributed by atoms with Crippen molar-refractivity contribution in [2.45, 2.75) is 76.8 Å². The average Bonchev–Trinajstić information content (AvgIpc) is 3.27. The number of amides is 1. The van der Waals surface area contributed by atoms with Crippen molar-refractivity contribution in [3.05, 3.63) is 17.0 Å². The van der Waals surface area contributed by atoms with E-state index < -0.39 is 0 Å². The summed E-state index contributed by atoms with van der Waals surface area (Å²) in [6.45, 7) is 2.65. The maximum Gasteiger partial charge on any atom is 0.274 e. The molecule has 5 nitrogen and oxygen atoms in total. The topological polar surface area (TPSA) is 61.0 Å². The van der Waals surface area contributed by atoms with E-state index in [1.165, 1.54) is 51.4 Å². The minimum atomic E-state index is 0.155. The summed E-state index contributed by atoms with van der Waals surface area (Å²) in [5.74, 6) is 1.06. The molecule has 24 heavy (non-hydrogen) atoms. The van der Waals surface area contributed by atoms with Crippen LogP contribution in [0, 0.1) is 5.92 Å². The van der Waals surface area contributed by atoms with Gasteiger partial charge in [0, 0.05) is 43.4 Å². The zero-order chi connectivity index (χ0) is 16.4. The van der Waals surface area contributed by atoms with E-state index in [1.807, 2.05) is 0 Å². The molecule has 0 bridgehead atoms. The van der Waals surface area contributed by atoms with Crippen molar-refractivity contribution < 1.29 is 4.79 Å². The summed E-state index contributed by atoms with van der Waals surface area (Å²) in [7, 11) is 0. The second-order valence-electron chi connectivity index (χ2n) is 7.83. The Hall–Kier alpha value is -1.36. The Kier molecular flexibility index (Phi) is 4.88. The van der Waals surface area contributed by atoms with Crippen LogP contribution < -0.4 is 5.32 Å². The number of hydrogen-bond acceptors (Lipinski definition) is 3. The van der Waals surface area contributed by atoms with Crippen LogP contribution in [0.3, 0.4) is 0 Å². The lowest BCUT2D eigenvalue weighted by atomic mass is 9.85. The molecule has 1 aliphatic carbocycles. The SMILES string of the molecule is O=C(c1n[nH]c2c1CNCC2)N1CCCC1CCC1CCCCC1. The molecule has 5 heteroatoms. The Labute approximate surface area is 144 Å². The molecule has 1 saturated carbocycles. The van der Waals surface area contributed by atoms with Crippen molar-refractivity contribution >= 4 is 5.91 Å². The lowest BCUT2D eigenvalue weighted by Crippen LogP contribution is -2.37. The first-order valence-electron chi connectivity index (χ1n) is 9.90. The molecule has 132 valence electrons. The Morgan fingerprint density at radius 3 is 2.88 bits per heavy atom. The number of fused-ring (bicyclic) bond motifs is 1. The maximum absolute atomic E-state index is 13.1. The molecular formula is C19H30N4O. The fourth-order valence-corrected chi connectivity index (χ4v) is 4.85. The summed E-state index contributed by atoms with van der Waals surface area (Å²) >= 11 is 0. The van der Waals surface area contributed by atoms with Gasteiger partial charge in [0.1, 0.15) is 0 Å². The van der Waals surface area contributed by atoms with Gasteiger partial charge in [0.15, 0.2) is 5.69 Å². The molecule has 2 aliphatic heterocycles. The number of likely N-dealkylation sites (tertiary alicyclic amines) is 1. The van der Waals surface area contributed by atoms with Crippen LogP contribution >= 0.6 is 0 Å². The second-order valence-corrected chi connectivity index (χ2v) is 7.83. The van der Waals surface area contributed by atoms with Gasteiger partial charge in [0.2, 0.25) is 0 Å². The molecule has 1 saturated heterocycles. The highest BCUT2D eigenvalue weighted by atomic mass is 16.2. The van der Waals surface area contributed by atoms with Crippen LogP contribution in [0.5, 0.6) is 0 Å². The predicted molar refractivity (Wildman–Crippen MR) is 93.9 cm³/mol. The van der Waals surface area contributed by atoms with E-state index in [2.05, 4.69) is 20.4 Å². The molecule has 1 unspecified atom stereocenters. The Morgan fingerprint density at radius 1 is 1.12 bits per heavy atom.